The van der Waals surface area contributed by atoms with Crippen molar-refractivity contribution in [1.29, 1.82) is 0 Å². The van der Waals surface area contributed by atoms with Crippen molar-refractivity contribution in [2.75, 3.05) is 26.0 Å². The molecule has 0 saturated heterocycles. The molecule has 1 aromatic rings. The van der Waals surface area contributed by atoms with E-state index in [1.165, 1.54) is 57.5 Å². The molecule has 0 aliphatic rings. The first-order valence-electron chi connectivity index (χ1n) is 8.25. The largest absolute Gasteiger partial charge is 1.00 e. The molecule has 1 rings (SSSR count). The van der Waals surface area contributed by atoms with E-state index in [4.69, 9.17) is 5.73 Å². The Labute approximate surface area is 143 Å². The van der Waals surface area contributed by atoms with Crippen molar-refractivity contribution in [1.82, 2.24) is 0 Å². The third-order valence-corrected chi connectivity index (χ3v) is 7.26. The standard InChI is InChI=1S/C18H33NP.BrH/c1-20(2,18-14-10-9-11-15-18)17-13-8-6-4-3-5-7-12-16-19;/h9-11,14-15H,3-8,12-13,16-17,19H2,1-2H3;1H/q+1;/p-1. The van der Waals surface area contributed by atoms with Gasteiger partial charge in [0.25, 0.3) is 0 Å². The van der Waals surface area contributed by atoms with Crippen LogP contribution in [-0.4, -0.2) is 26.0 Å². The lowest BCUT2D eigenvalue weighted by Crippen LogP contribution is -3.00. The minimum Gasteiger partial charge on any atom is -1.00 e. The highest BCUT2D eigenvalue weighted by Gasteiger charge is 2.26. The first kappa shape index (κ1) is 21.1. The molecule has 0 heterocycles. The molecule has 0 spiro atoms. The van der Waals surface area contributed by atoms with Gasteiger partial charge in [-0.25, -0.2) is 0 Å². The van der Waals surface area contributed by atoms with E-state index in [0.717, 1.165) is 6.54 Å². The Hall–Kier alpha value is 0.0900. The molecule has 122 valence electrons. The molecule has 21 heavy (non-hydrogen) atoms. The van der Waals surface area contributed by atoms with Crippen LogP contribution < -0.4 is 28.0 Å². The lowest BCUT2D eigenvalue weighted by Gasteiger charge is -2.17. The number of nitrogens with two attached hydrogens (primary N) is 1. The Kier molecular flexibility index (Phi) is 12.7. The fourth-order valence-electron chi connectivity index (χ4n) is 2.67. The maximum Gasteiger partial charge on any atom is 0.0933 e. The molecule has 0 aliphatic heterocycles. The molecule has 0 amide bonds. The van der Waals surface area contributed by atoms with Gasteiger partial charge < -0.3 is 22.7 Å². The van der Waals surface area contributed by atoms with E-state index in [2.05, 4.69) is 43.7 Å². The maximum absolute atomic E-state index is 5.50. The Morgan fingerprint density at radius 1 is 0.762 bits per heavy atom. The second kappa shape index (κ2) is 12.6. The third-order valence-electron chi connectivity index (χ3n) is 4.13. The first-order chi connectivity index (χ1) is 9.67. The monoisotopic (exact) mass is 373 g/mol. The zero-order chi connectivity index (χ0) is 14.7. The molecule has 1 nitrogen and oxygen atoms in total. The number of benzene rings is 1. The molecule has 0 saturated carbocycles. The lowest BCUT2D eigenvalue weighted by molar-refractivity contribution is -0.00000449. The molecule has 0 radical (unpaired) electrons. The average molecular weight is 374 g/mol. The van der Waals surface area contributed by atoms with E-state index < -0.39 is 7.26 Å². The molecular weight excluding hydrogens is 341 g/mol. The highest BCUT2D eigenvalue weighted by Crippen LogP contribution is 2.50. The molecule has 0 atom stereocenters. The summed E-state index contributed by atoms with van der Waals surface area (Å²) in [4.78, 5) is 0. The van der Waals surface area contributed by atoms with E-state index in [9.17, 15) is 0 Å². The van der Waals surface area contributed by atoms with E-state index in [1.807, 2.05) is 0 Å². The fraction of sp³-hybridized carbons (Fsp3) is 0.667. The van der Waals surface area contributed by atoms with Gasteiger partial charge >= 0.3 is 0 Å². The van der Waals surface area contributed by atoms with Crippen LogP contribution in [-0.2, 0) is 0 Å². The summed E-state index contributed by atoms with van der Waals surface area (Å²) >= 11 is 0. The van der Waals surface area contributed by atoms with E-state index >= 15 is 0 Å². The second-order valence-corrected chi connectivity index (χ2v) is 10.7. The fourth-order valence-corrected chi connectivity index (χ4v) is 4.92. The number of halogens is 1. The molecule has 3 heteroatoms. The van der Waals surface area contributed by atoms with Gasteiger partial charge in [0.1, 0.15) is 0 Å². The van der Waals surface area contributed by atoms with Crippen LogP contribution >= 0.6 is 7.26 Å². The van der Waals surface area contributed by atoms with Crippen LogP contribution in [0.1, 0.15) is 51.4 Å². The molecule has 0 unspecified atom stereocenters. The van der Waals surface area contributed by atoms with Crippen LogP contribution in [0.2, 0.25) is 0 Å². The second-order valence-electron chi connectivity index (χ2n) is 6.36. The molecule has 0 aromatic heterocycles. The SMILES string of the molecule is C[P+](C)(CCCCCCCCCCN)c1ccccc1.[Br-]. The molecule has 2 N–H and O–H groups in total. The zero-order valence-corrected chi connectivity index (χ0v) is 16.3. The molecular formula is C18H33BrNP. The van der Waals surface area contributed by atoms with E-state index in [-0.39, 0.29) is 17.0 Å². The zero-order valence-electron chi connectivity index (χ0n) is 13.9. The minimum absolute atomic E-state index is 0. The van der Waals surface area contributed by atoms with Gasteiger partial charge in [-0.05, 0) is 37.9 Å². The van der Waals surface area contributed by atoms with E-state index in [0.29, 0.717) is 0 Å². The number of hydrogen-bond donors (Lipinski definition) is 1. The summed E-state index contributed by atoms with van der Waals surface area (Å²) in [5.74, 6) is 0. The van der Waals surface area contributed by atoms with Crippen LogP contribution in [0, 0.1) is 0 Å². The summed E-state index contributed by atoms with van der Waals surface area (Å²) < 4.78 is 0. The summed E-state index contributed by atoms with van der Waals surface area (Å²) in [5, 5.41) is 1.58. The smallest absolute Gasteiger partial charge is 0.0933 e. The Morgan fingerprint density at radius 3 is 1.76 bits per heavy atom. The Balaban J connectivity index is 0.00000400. The molecule has 0 bridgehead atoms. The van der Waals surface area contributed by atoms with Crippen molar-refractivity contribution in [2.24, 2.45) is 5.73 Å². The molecule has 1 aromatic carbocycles. The summed E-state index contributed by atoms with van der Waals surface area (Å²) in [6, 6.07) is 11.1. The van der Waals surface area contributed by atoms with Gasteiger partial charge in [-0.2, -0.15) is 0 Å². The van der Waals surface area contributed by atoms with Gasteiger partial charge in [0, 0.05) is 7.26 Å². The maximum atomic E-state index is 5.50. The summed E-state index contributed by atoms with van der Waals surface area (Å²) in [7, 11) is -0.879. The molecule has 0 aliphatic carbocycles. The minimum atomic E-state index is -0.879. The summed E-state index contributed by atoms with van der Waals surface area (Å²) in [5.41, 5.74) is 5.50. The van der Waals surface area contributed by atoms with Crippen molar-refractivity contribution in [3.8, 4) is 0 Å². The van der Waals surface area contributed by atoms with E-state index in [1.54, 1.807) is 5.30 Å². The quantitative estimate of drug-likeness (QED) is 0.463. The van der Waals surface area contributed by atoms with Crippen molar-refractivity contribution in [3.63, 3.8) is 0 Å². The number of unbranched alkanes of at least 4 members (excludes halogenated alkanes) is 7. The van der Waals surface area contributed by atoms with Crippen LogP contribution in [0.5, 0.6) is 0 Å². The van der Waals surface area contributed by atoms with Crippen LogP contribution in [0.15, 0.2) is 30.3 Å². The number of rotatable bonds is 11. The molecule has 0 fully saturated rings. The van der Waals surface area contributed by atoms with Crippen molar-refractivity contribution >= 4 is 12.6 Å². The van der Waals surface area contributed by atoms with Gasteiger partial charge in [-0.15, -0.1) is 0 Å². The van der Waals surface area contributed by atoms with Gasteiger partial charge in [-0.1, -0.05) is 50.3 Å². The normalized spacial score (nSPS) is 11.2. The topological polar surface area (TPSA) is 26.0 Å². The highest BCUT2D eigenvalue weighted by atomic mass is 79.9. The summed E-state index contributed by atoms with van der Waals surface area (Å²) in [6.45, 7) is 5.82. The van der Waals surface area contributed by atoms with Gasteiger partial charge in [0.2, 0.25) is 0 Å². The summed E-state index contributed by atoms with van der Waals surface area (Å²) in [6.07, 6.45) is 12.3. The Bertz CT molecular complexity index is 340. The van der Waals surface area contributed by atoms with Gasteiger partial charge in [-0.3, -0.25) is 0 Å². The average Bonchev–Trinajstić information content (AvgIpc) is 2.46. The van der Waals surface area contributed by atoms with Crippen LogP contribution in [0.25, 0.3) is 0 Å². The van der Waals surface area contributed by atoms with Crippen LogP contribution in [0.4, 0.5) is 0 Å². The number of hydrogen-bond acceptors (Lipinski definition) is 1. The van der Waals surface area contributed by atoms with Crippen molar-refractivity contribution in [2.45, 2.75) is 51.4 Å². The van der Waals surface area contributed by atoms with Gasteiger partial charge in [0.05, 0.1) is 24.8 Å². The highest BCUT2D eigenvalue weighted by molar-refractivity contribution is 7.81. The predicted molar refractivity (Wildman–Crippen MR) is 95.7 cm³/mol. The first-order valence-corrected chi connectivity index (χ1v) is 11.1. The van der Waals surface area contributed by atoms with Crippen LogP contribution in [0.3, 0.4) is 0 Å². The van der Waals surface area contributed by atoms with Crippen molar-refractivity contribution < 1.29 is 17.0 Å². The third kappa shape index (κ3) is 9.66. The van der Waals surface area contributed by atoms with Gasteiger partial charge in [0.15, 0.2) is 0 Å². The van der Waals surface area contributed by atoms with Crippen molar-refractivity contribution in [3.05, 3.63) is 30.3 Å². The lowest BCUT2D eigenvalue weighted by atomic mass is 10.1. The Morgan fingerprint density at radius 2 is 1.24 bits per heavy atom. The predicted octanol–water partition coefficient (Wildman–Crippen LogP) is 1.67.